The second kappa shape index (κ2) is 13.9. The molecule has 3 aromatic rings. The molecule has 48 heavy (non-hydrogen) atoms. The number of nitrogen functional groups attached to an aromatic ring is 1. The van der Waals surface area contributed by atoms with E-state index in [0.29, 0.717) is 21.7 Å². The summed E-state index contributed by atoms with van der Waals surface area (Å²) < 4.78 is 5.07. The minimum absolute atomic E-state index is 0.00385. The molecule has 1 aromatic carbocycles. The van der Waals surface area contributed by atoms with Gasteiger partial charge in [-0.1, -0.05) is 11.2 Å². The maximum Gasteiger partial charge on any atom is 0.512 e. The molecule has 5 rings (SSSR count). The Morgan fingerprint density at radius 2 is 2.02 bits per heavy atom. The van der Waals surface area contributed by atoms with Gasteiger partial charge in [-0.05, 0) is 31.5 Å². The lowest BCUT2D eigenvalue weighted by Gasteiger charge is -2.49. The van der Waals surface area contributed by atoms with E-state index in [0.717, 1.165) is 16.2 Å². The van der Waals surface area contributed by atoms with E-state index in [9.17, 15) is 34.5 Å². The van der Waals surface area contributed by atoms with Gasteiger partial charge in [-0.3, -0.25) is 24.5 Å². The van der Waals surface area contributed by atoms with Crippen LogP contribution >= 0.6 is 34.9 Å². The number of amides is 3. The van der Waals surface area contributed by atoms with Crippen molar-refractivity contribution in [3.8, 4) is 22.6 Å². The van der Waals surface area contributed by atoms with Crippen LogP contribution in [0, 0.1) is 0 Å². The Hall–Kier alpha value is -5.12. The fraction of sp³-hybridized carbons (Fsp3) is 0.259. The molecule has 0 radical (unpaired) electrons. The largest absolute Gasteiger partial charge is 0.512 e. The Balaban J connectivity index is 1.35. The second-order valence-corrected chi connectivity index (χ2v) is 13.4. The summed E-state index contributed by atoms with van der Waals surface area (Å²) in [5, 5.41) is 45.7. The maximum absolute atomic E-state index is 13.4. The maximum atomic E-state index is 13.4. The number of phenols is 2. The Kier molecular flexibility index (Phi) is 9.93. The van der Waals surface area contributed by atoms with Gasteiger partial charge >= 0.3 is 6.16 Å². The third kappa shape index (κ3) is 7.07. The van der Waals surface area contributed by atoms with E-state index in [2.05, 4.69) is 25.4 Å². The number of fused-ring (bicyclic) bond motifs is 1. The number of phenolic OH excluding ortho intramolecular Hbond substituents is 2. The Bertz CT molecular complexity index is 1850. The molecule has 21 heteroatoms. The number of hydrogen-bond acceptors (Lipinski definition) is 17. The van der Waals surface area contributed by atoms with Crippen LogP contribution in [0.2, 0.25) is 0 Å². The molecular weight excluding hydrogens is 693 g/mol. The van der Waals surface area contributed by atoms with Gasteiger partial charge in [-0.15, -0.1) is 34.9 Å². The van der Waals surface area contributed by atoms with Gasteiger partial charge < -0.3 is 35.9 Å². The molecule has 3 amide bonds. The molecule has 0 saturated carbocycles. The van der Waals surface area contributed by atoms with E-state index in [-0.39, 0.29) is 39.7 Å². The number of thiazole rings is 1. The Morgan fingerprint density at radius 3 is 2.69 bits per heavy atom. The van der Waals surface area contributed by atoms with E-state index >= 15 is 0 Å². The van der Waals surface area contributed by atoms with E-state index in [1.165, 1.54) is 72.9 Å². The number of hydrogen-bond donors (Lipinski definition) is 7. The summed E-state index contributed by atoms with van der Waals surface area (Å²) in [5.74, 6) is -2.99. The number of carbonyl (C=O) groups is 4. The number of carboxylic acid groups (broad SMARTS) is 1. The first kappa shape index (κ1) is 34.2. The van der Waals surface area contributed by atoms with Crippen molar-refractivity contribution in [2.45, 2.75) is 35.9 Å². The van der Waals surface area contributed by atoms with Crippen molar-refractivity contribution in [1.82, 2.24) is 30.6 Å². The normalized spacial score (nSPS) is 17.7. The number of β-lactam (4-membered cyclic amide) rings is 1. The Morgan fingerprint density at radius 1 is 1.25 bits per heavy atom. The number of nitrogens with one attached hydrogen (secondary N) is 2. The van der Waals surface area contributed by atoms with Crippen LogP contribution in [0.15, 0.2) is 57.7 Å². The minimum Gasteiger partial charge on any atom is -0.504 e. The molecule has 252 valence electrons. The summed E-state index contributed by atoms with van der Waals surface area (Å²) in [4.78, 5) is 69.1. The number of hydroxylamine groups is 1. The van der Waals surface area contributed by atoms with E-state index in [1.54, 1.807) is 6.07 Å². The van der Waals surface area contributed by atoms with Gasteiger partial charge in [0.1, 0.15) is 28.5 Å². The van der Waals surface area contributed by atoms with Crippen LogP contribution in [-0.4, -0.2) is 98.5 Å². The average molecular weight is 719 g/mol. The van der Waals surface area contributed by atoms with E-state index < -0.39 is 46.6 Å². The topological polar surface area (TPSA) is 272 Å². The number of benzene rings is 1. The number of nitrogens with two attached hydrogens (primary N) is 1. The third-order valence-corrected chi connectivity index (χ3v) is 9.91. The molecule has 1 saturated heterocycles. The number of ether oxygens (including phenoxy) is 1. The fourth-order valence-electron chi connectivity index (χ4n) is 4.33. The van der Waals surface area contributed by atoms with Crippen molar-refractivity contribution < 1.29 is 49.3 Å². The summed E-state index contributed by atoms with van der Waals surface area (Å²) in [7, 11) is 0. The highest BCUT2D eigenvalue weighted by molar-refractivity contribution is 8.01. The molecule has 18 nitrogen and oxygen atoms in total. The molecule has 1 fully saturated rings. The van der Waals surface area contributed by atoms with Crippen LogP contribution in [0.4, 0.5) is 9.93 Å². The molecule has 2 aliphatic rings. The van der Waals surface area contributed by atoms with Gasteiger partial charge in [-0.25, -0.2) is 25.2 Å². The molecule has 0 bridgehead atoms. The molecule has 2 aliphatic heterocycles. The number of anilines is 1. The van der Waals surface area contributed by atoms with Gasteiger partial charge in [0.25, 0.3) is 17.7 Å². The minimum atomic E-state index is -1.70. The monoisotopic (exact) mass is 718 g/mol. The number of carbonyl (C=O) groups excluding carboxylic acids is 3. The average Bonchev–Trinajstić information content (AvgIpc) is 3.48. The number of rotatable bonds is 11. The molecule has 0 unspecified atom stereocenters. The molecule has 2 aromatic heterocycles. The summed E-state index contributed by atoms with van der Waals surface area (Å²) in [6, 6.07) is 3.11. The fourth-order valence-corrected chi connectivity index (χ4v) is 7.32. The van der Waals surface area contributed by atoms with Crippen molar-refractivity contribution >= 4 is 69.6 Å². The lowest BCUT2D eigenvalue weighted by Crippen LogP contribution is -2.70. The summed E-state index contributed by atoms with van der Waals surface area (Å²) >= 11 is 3.46. The molecule has 2 atom stereocenters. The van der Waals surface area contributed by atoms with Crippen LogP contribution in [0.1, 0.15) is 19.5 Å². The third-order valence-electron chi connectivity index (χ3n) is 6.80. The predicted molar refractivity (Wildman–Crippen MR) is 171 cm³/mol. The molecular formula is C27H26N8O10S3. The number of oxime groups is 1. The van der Waals surface area contributed by atoms with Crippen LogP contribution in [0.25, 0.3) is 11.1 Å². The predicted octanol–water partition coefficient (Wildman–Crippen LogP) is 1.70. The van der Waals surface area contributed by atoms with Crippen LogP contribution in [-0.2, 0) is 24.0 Å². The van der Waals surface area contributed by atoms with Crippen LogP contribution < -0.4 is 16.5 Å². The van der Waals surface area contributed by atoms with E-state index in [1.807, 2.05) is 0 Å². The van der Waals surface area contributed by atoms with Gasteiger partial charge in [0.05, 0.1) is 0 Å². The first-order valence-corrected chi connectivity index (χ1v) is 16.5. The highest BCUT2D eigenvalue weighted by Gasteiger charge is 2.54. The van der Waals surface area contributed by atoms with Crippen molar-refractivity contribution in [1.29, 1.82) is 0 Å². The molecule has 0 spiro atoms. The smallest absolute Gasteiger partial charge is 0.504 e. The number of nitrogens with zero attached hydrogens (tertiary/aromatic N) is 5. The lowest BCUT2D eigenvalue weighted by molar-refractivity contribution is -0.151. The van der Waals surface area contributed by atoms with Crippen LogP contribution in [0.5, 0.6) is 11.5 Å². The van der Waals surface area contributed by atoms with Gasteiger partial charge in [0, 0.05) is 34.2 Å². The van der Waals surface area contributed by atoms with Crippen molar-refractivity contribution in [2.75, 3.05) is 17.2 Å². The molecule has 8 N–H and O–H groups in total. The van der Waals surface area contributed by atoms with Crippen molar-refractivity contribution in [3.63, 3.8) is 0 Å². The van der Waals surface area contributed by atoms with Gasteiger partial charge in [0.15, 0.2) is 22.3 Å². The van der Waals surface area contributed by atoms with Crippen molar-refractivity contribution in [3.05, 3.63) is 53.3 Å². The zero-order chi connectivity index (χ0) is 34.7. The van der Waals surface area contributed by atoms with Crippen LogP contribution in [0.3, 0.4) is 0 Å². The quantitative estimate of drug-likeness (QED) is 0.0217. The first-order chi connectivity index (χ1) is 22.8. The zero-order valence-electron chi connectivity index (χ0n) is 24.8. The van der Waals surface area contributed by atoms with Gasteiger partial charge in [-0.2, -0.15) is 0 Å². The standard InChI is InChI=1S/C27H26N8O10S3/c1-27(2,24(40)33-43)45-34-17(14-9-48-25(28)31-14)19(38)32-18-21(39)35-22(44-26(41)42)12(8-47-23(18)35)7-46-20-13(6-29-10-30-20)11-3-4-15(36)16(37)5-11/h3-6,9-10,18,23,36-37,43H,7-8H2,1-2H3,(H2,28,31)(H,32,38)(H,33,40)(H,41,42)/b34-17-/t18-,23-/m1/s1. The second-order valence-electron chi connectivity index (χ2n) is 10.4. The highest BCUT2D eigenvalue weighted by Crippen LogP contribution is 2.43. The molecule has 0 aliphatic carbocycles. The SMILES string of the molecule is CC(C)(O/N=C(\C(=O)N[C@@H]1C(=O)N2C(OC(=O)O)=C(CSc3ncncc3-c3ccc(O)c(O)c3)CS[C@H]12)c1csc(N)n1)C(=O)NO. The van der Waals surface area contributed by atoms with E-state index in [4.69, 9.17) is 20.5 Å². The summed E-state index contributed by atoms with van der Waals surface area (Å²) in [5.41, 5.74) is 6.55. The molecule has 4 heterocycles. The summed E-state index contributed by atoms with van der Waals surface area (Å²) in [6.45, 7) is 2.57. The number of aromatic hydroxyl groups is 2. The highest BCUT2D eigenvalue weighted by atomic mass is 32.2. The van der Waals surface area contributed by atoms with Crippen molar-refractivity contribution in [2.24, 2.45) is 5.16 Å². The number of aromatic nitrogens is 3. The zero-order valence-corrected chi connectivity index (χ0v) is 27.3. The first-order valence-electron chi connectivity index (χ1n) is 13.6. The van der Waals surface area contributed by atoms with Gasteiger partial charge in [0.2, 0.25) is 11.5 Å². The Labute approximate surface area is 283 Å². The number of thioether (sulfide) groups is 2. The summed E-state index contributed by atoms with van der Waals surface area (Å²) in [6.07, 6.45) is 1.19. The lowest BCUT2D eigenvalue weighted by atomic mass is 10.1.